The molecule has 1 aromatic heterocycles. The second kappa shape index (κ2) is 4.18. The Balaban J connectivity index is 2.75. The molecule has 16 heavy (non-hydrogen) atoms. The second-order valence-electron chi connectivity index (χ2n) is 4.06. The van der Waals surface area contributed by atoms with Gasteiger partial charge in [-0.15, -0.1) is 0 Å². The van der Waals surface area contributed by atoms with Crippen LogP contribution in [0.2, 0.25) is 0 Å². The largest absolute Gasteiger partial charge is 0.496 e. The van der Waals surface area contributed by atoms with Gasteiger partial charge in [-0.05, 0) is 25.5 Å². The van der Waals surface area contributed by atoms with E-state index in [9.17, 15) is 0 Å². The lowest BCUT2D eigenvalue weighted by Crippen LogP contribution is -2.09. The highest BCUT2D eigenvalue weighted by molar-refractivity contribution is 5.91. The Labute approximate surface area is 95.6 Å². The first-order chi connectivity index (χ1) is 7.69. The summed E-state index contributed by atoms with van der Waals surface area (Å²) in [4.78, 5) is 3.36. The Morgan fingerprint density at radius 3 is 2.81 bits per heavy atom. The minimum atomic E-state index is 0.0602. The van der Waals surface area contributed by atoms with E-state index in [1.807, 2.05) is 12.1 Å². The van der Waals surface area contributed by atoms with Crippen LogP contribution >= 0.6 is 0 Å². The molecule has 0 saturated heterocycles. The van der Waals surface area contributed by atoms with Gasteiger partial charge in [0.05, 0.1) is 7.11 Å². The Morgan fingerprint density at radius 1 is 1.44 bits per heavy atom. The molecule has 0 saturated carbocycles. The first kappa shape index (κ1) is 11.0. The Hall–Kier alpha value is -1.48. The van der Waals surface area contributed by atoms with Gasteiger partial charge in [0.2, 0.25) is 0 Å². The fraction of sp³-hybridized carbons (Fsp3) is 0.385. The molecule has 0 aliphatic heterocycles. The van der Waals surface area contributed by atoms with Crippen LogP contribution in [-0.2, 0) is 0 Å². The summed E-state index contributed by atoms with van der Waals surface area (Å²) in [5.41, 5.74) is 9.56. The molecule has 1 aromatic carbocycles. The van der Waals surface area contributed by atoms with Gasteiger partial charge in [-0.25, -0.2) is 0 Å². The van der Waals surface area contributed by atoms with Crippen molar-refractivity contribution in [1.82, 2.24) is 4.98 Å². The summed E-state index contributed by atoms with van der Waals surface area (Å²) in [6, 6.07) is 6.07. The first-order valence-corrected chi connectivity index (χ1v) is 5.59. The Kier molecular flexibility index (Phi) is 2.88. The molecule has 86 valence electrons. The predicted molar refractivity (Wildman–Crippen MR) is 66.8 cm³/mol. The van der Waals surface area contributed by atoms with Crippen molar-refractivity contribution >= 4 is 10.9 Å². The van der Waals surface area contributed by atoms with Gasteiger partial charge in [0.15, 0.2) is 0 Å². The highest BCUT2D eigenvalue weighted by Crippen LogP contribution is 2.34. The summed E-state index contributed by atoms with van der Waals surface area (Å²) >= 11 is 0. The number of H-pyrrole nitrogens is 1. The number of fused-ring (bicyclic) bond motifs is 1. The molecule has 0 spiro atoms. The van der Waals surface area contributed by atoms with Gasteiger partial charge in [-0.3, -0.25) is 0 Å². The van der Waals surface area contributed by atoms with Crippen molar-refractivity contribution in [3.63, 3.8) is 0 Å². The van der Waals surface area contributed by atoms with E-state index in [-0.39, 0.29) is 6.04 Å². The number of rotatable bonds is 3. The van der Waals surface area contributed by atoms with Crippen LogP contribution in [0, 0.1) is 6.92 Å². The van der Waals surface area contributed by atoms with Gasteiger partial charge in [0.25, 0.3) is 0 Å². The molecule has 0 radical (unpaired) electrons. The number of hydrogen-bond donors (Lipinski definition) is 2. The van der Waals surface area contributed by atoms with E-state index in [1.54, 1.807) is 7.11 Å². The topological polar surface area (TPSA) is 51.0 Å². The lowest BCUT2D eigenvalue weighted by atomic mass is 10.0. The van der Waals surface area contributed by atoms with E-state index >= 15 is 0 Å². The van der Waals surface area contributed by atoms with Gasteiger partial charge in [0, 0.05) is 28.2 Å². The van der Waals surface area contributed by atoms with Crippen LogP contribution in [0.1, 0.15) is 30.6 Å². The van der Waals surface area contributed by atoms with Crippen molar-refractivity contribution in [2.24, 2.45) is 5.73 Å². The quantitative estimate of drug-likeness (QED) is 0.832. The summed E-state index contributed by atoms with van der Waals surface area (Å²) in [7, 11) is 1.69. The van der Waals surface area contributed by atoms with E-state index < -0.39 is 0 Å². The van der Waals surface area contributed by atoms with E-state index in [0.29, 0.717) is 0 Å². The third-order valence-corrected chi connectivity index (χ3v) is 3.05. The summed E-state index contributed by atoms with van der Waals surface area (Å²) in [6.07, 6.45) is 0.922. The lowest BCUT2D eigenvalue weighted by molar-refractivity contribution is 0.419. The zero-order valence-electron chi connectivity index (χ0n) is 10.0. The van der Waals surface area contributed by atoms with Crippen molar-refractivity contribution in [2.45, 2.75) is 26.3 Å². The minimum absolute atomic E-state index is 0.0602. The number of nitrogens with two attached hydrogens (primary N) is 1. The van der Waals surface area contributed by atoms with Crippen molar-refractivity contribution in [1.29, 1.82) is 0 Å². The number of aromatic amines is 1. The number of aromatic nitrogens is 1. The Morgan fingerprint density at radius 2 is 2.19 bits per heavy atom. The molecule has 3 N–H and O–H groups in total. The van der Waals surface area contributed by atoms with Crippen LogP contribution in [-0.4, -0.2) is 12.1 Å². The van der Waals surface area contributed by atoms with Crippen molar-refractivity contribution < 1.29 is 4.74 Å². The lowest BCUT2D eigenvalue weighted by Gasteiger charge is -2.11. The molecule has 1 heterocycles. The maximum absolute atomic E-state index is 6.15. The number of methoxy groups -OCH3 is 1. The predicted octanol–water partition coefficient (Wildman–Crippen LogP) is 2.89. The smallest absolute Gasteiger partial charge is 0.128 e. The second-order valence-corrected chi connectivity index (χ2v) is 4.06. The monoisotopic (exact) mass is 218 g/mol. The van der Waals surface area contributed by atoms with Crippen LogP contribution in [0.5, 0.6) is 5.75 Å². The summed E-state index contributed by atoms with van der Waals surface area (Å²) < 4.78 is 5.40. The molecule has 0 aliphatic rings. The van der Waals surface area contributed by atoms with Crippen molar-refractivity contribution in [3.05, 3.63) is 29.5 Å². The average molecular weight is 218 g/mol. The first-order valence-electron chi connectivity index (χ1n) is 5.59. The van der Waals surface area contributed by atoms with Gasteiger partial charge >= 0.3 is 0 Å². The van der Waals surface area contributed by atoms with Crippen LogP contribution in [0.25, 0.3) is 10.9 Å². The molecular weight excluding hydrogens is 200 g/mol. The maximum Gasteiger partial charge on any atom is 0.128 e. The Bertz CT molecular complexity index is 502. The number of hydrogen-bond acceptors (Lipinski definition) is 2. The average Bonchev–Trinajstić information content (AvgIpc) is 2.63. The highest BCUT2D eigenvalue weighted by atomic mass is 16.5. The molecule has 1 atom stereocenters. The van der Waals surface area contributed by atoms with Gasteiger partial charge in [-0.1, -0.05) is 13.0 Å². The van der Waals surface area contributed by atoms with Crippen LogP contribution < -0.4 is 10.5 Å². The summed E-state index contributed by atoms with van der Waals surface area (Å²) in [6.45, 7) is 4.16. The fourth-order valence-electron chi connectivity index (χ4n) is 2.21. The van der Waals surface area contributed by atoms with Gasteiger partial charge < -0.3 is 15.5 Å². The molecule has 0 bridgehead atoms. The van der Waals surface area contributed by atoms with Crippen LogP contribution in [0.3, 0.4) is 0 Å². The molecule has 3 heteroatoms. The van der Waals surface area contributed by atoms with E-state index in [2.05, 4.69) is 24.9 Å². The third-order valence-electron chi connectivity index (χ3n) is 3.05. The van der Waals surface area contributed by atoms with Crippen molar-refractivity contribution in [2.75, 3.05) is 7.11 Å². The number of aryl methyl sites for hydroxylation is 1. The standard InChI is InChI=1S/C13H18N2O/c1-4-9(14)12-8(2)15-10-6-5-7-11(16-3)13(10)12/h5-7,9,15H,4,14H2,1-3H3. The van der Waals surface area contributed by atoms with Gasteiger partial charge in [0.1, 0.15) is 5.75 Å². The molecule has 2 rings (SSSR count). The van der Waals surface area contributed by atoms with E-state index in [0.717, 1.165) is 28.8 Å². The summed E-state index contributed by atoms with van der Waals surface area (Å²) in [5, 5.41) is 1.12. The zero-order valence-corrected chi connectivity index (χ0v) is 10.0. The molecule has 3 nitrogen and oxygen atoms in total. The molecule has 0 aliphatic carbocycles. The van der Waals surface area contributed by atoms with E-state index in [4.69, 9.17) is 10.5 Å². The normalized spacial score (nSPS) is 13.0. The zero-order chi connectivity index (χ0) is 11.7. The van der Waals surface area contributed by atoms with Gasteiger partial charge in [-0.2, -0.15) is 0 Å². The summed E-state index contributed by atoms with van der Waals surface area (Å²) in [5.74, 6) is 0.890. The SMILES string of the molecule is CCC(N)c1c(C)[nH]c2cccc(OC)c12. The molecular formula is C13H18N2O. The number of ether oxygens (including phenoxy) is 1. The molecule has 1 unspecified atom stereocenters. The van der Waals surface area contributed by atoms with E-state index in [1.165, 1.54) is 5.56 Å². The third kappa shape index (κ3) is 1.57. The fourth-order valence-corrected chi connectivity index (χ4v) is 2.21. The molecule has 0 amide bonds. The molecule has 0 fully saturated rings. The maximum atomic E-state index is 6.15. The number of benzene rings is 1. The van der Waals surface area contributed by atoms with Crippen molar-refractivity contribution in [3.8, 4) is 5.75 Å². The molecule has 2 aromatic rings. The van der Waals surface area contributed by atoms with Crippen LogP contribution in [0.4, 0.5) is 0 Å². The van der Waals surface area contributed by atoms with Crippen LogP contribution in [0.15, 0.2) is 18.2 Å². The number of nitrogens with one attached hydrogen (secondary N) is 1. The highest BCUT2D eigenvalue weighted by Gasteiger charge is 2.16. The minimum Gasteiger partial charge on any atom is -0.496 e.